The zero-order valence-corrected chi connectivity index (χ0v) is 13.0. The van der Waals surface area contributed by atoms with E-state index in [1.54, 1.807) is 4.90 Å². The van der Waals surface area contributed by atoms with Gasteiger partial charge in [-0.3, -0.25) is 14.5 Å². The topological polar surface area (TPSA) is 49.4 Å². The highest BCUT2D eigenvalue weighted by Crippen LogP contribution is 2.45. The van der Waals surface area contributed by atoms with Crippen molar-refractivity contribution in [3.8, 4) is 0 Å². The van der Waals surface area contributed by atoms with Crippen LogP contribution in [0.15, 0.2) is 0 Å². The molecule has 1 aliphatic carbocycles. The van der Waals surface area contributed by atoms with Gasteiger partial charge in [0.25, 0.3) is 0 Å². The van der Waals surface area contributed by atoms with Gasteiger partial charge in [0.2, 0.25) is 11.8 Å². The second kappa shape index (κ2) is 6.47. The van der Waals surface area contributed by atoms with Crippen LogP contribution in [0.5, 0.6) is 0 Å². The summed E-state index contributed by atoms with van der Waals surface area (Å²) in [5.41, 5.74) is 0.0198. The second-order valence-electron chi connectivity index (χ2n) is 7.29. The molecule has 4 nitrogen and oxygen atoms in total. The number of carbonyl (C=O) groups is 2. The van der Waals surface area contributed by atoms with Crippen molar-refractivity contribution in [3.05, 3.63) is 0 Å². The lowest BCUT2D eigenvalue weighted by Crippen LogP contribution is -2.50. The summed E-state index contributed by atoms with van der Waals surface area (Å²) in [6.07, 6.45) is 11.6. The van der Waals surface area contributed by atoms with Gasteiger partial charge < -0.3 is 5.32 Å². The summed E-state index contributed by atoms with van der Waals surface area (Å²) in [7, 11) is 0. The molecule has 2 aliphatic heterocycles. The molecule has 21 heavy (non-hydrogen) atoms. The zero-order valence-electron chi connectivity index (χ0n) is 13.0. The molecule has 0 bridgehead atoms. The fourth-order valence-corrected chi connectivity index (χ4v) is 4.39. The van der Waals surface area contributed by atoms with Crippen molar-refractivity contribution in [3.63, 3.8) is 0 Å². The molecule has 1 spiro atoms. The summed E-state index contributed by atoms with van der Waals surface area (Å²) in [6.45, 7) is 1.70. The summed E-state index contributed by atoms with van der Waals surface area (Å²) in [4.78, 5) is 26.4. The number of amides is 2. The van der Waals surface area contributed by atoms with Crippen LogP contribution in [-0.4, -0.2) is 35.8 Å². The summed E-state index contributed by atoms with van der Waals surface area (Å²) >= 11 is 0. The highest BCUT2D eigenvalue weighted by molar-refractivity contribution is 5.98. The van der Waals surface area contributed by atoms with Gasteiger partial charge in [0.15, 0.2) is 0 Å². The van der Waals surface area contributed by atoms with E-state index in [9.17, 15) is 9.59 Å². The van der Waals surface area contributed by atoms with Crippen molar-refractivity contribution in [1.82, 2.24) is 10.2 Å². The first-order valence-corrected chi connectivity index (χ1v) is 8.75. The molecule has 3 rings (SSSR count). The highest BCUT2D eigenvalue weighted by atomic mass is 16.2. The van der Waals surface area contributed by atoms with Gasteiger partial charge >= 0.3 is 0 Å². The number of likely N-dealkylation sites (tertiary alicyclic amines) is 1. The van der Waals surface area contributed by atoms with Gasteiger partial charge in [0.05, 0.1) is 0 Å². The predicted molar refractivity (Wildman–Crippen MR) is 81.7 cm³/mol. The van der Waals surface area contributed by atoms with E-state index < -0.39 is 0 Å². The van der Waals surface area contributed by atoms with Crippen LogP contribution in [0.4, 0.5) is 0 Å². The molecule has 4 heteroatoms. The third-order valence-corrected chi connectivity index (χ3v) is 5.68. The van der Waals surface area contributed by atoms with Crippen LogP contribution in [0, 0.1) is 5.41 Å². The minimum absolute atomic E-state index is 0.0198. The molecule has 0 aromatic heterocycles. The van der Waals surface area contributed by atoms with E-state index in [0.29, 0.717) is 25.4 Å². The lowest BCUT2D eigenvalue weighted by atomic mass is 9.67. The first-order valence-electron chi connectivity index (χ1n) is 8.75. The molecule has 1 atom stereocenters. The fraction of sp³-hybridized carbons (Fsp3) is 0.882. The second-order valence-corrected chi connectivity index (χ2v) is 7.29. The van der Waals surface area contributed by atoms with E-state index in [1.807, 2.05) is 0 Å². The number of nitrogens with zero attached hydrogens (tertiary/aromatic N) is 1. The van der Waals surface area contributed by atoms with Crippen LogP contribution in [0.25, 0.3) is 0 Å². The van der Waals surface area contributed by atoms with Gasteiger partial charge in [-0.2, -0.15) is 0 Å². The van der Waals surface area contributed by atoms with E-state index in [-0.39, 0.29) is 17.2 Å². The molecule has 118 valence electrons. The van der Waals surface area contributed by atoms with Gasteiger partial charge in [-0.25, -0.2) is 0 Å². The molecule has 1 N–H and O–H groups in total. The maximum atomic E-state index is 12.4. The Morgan fingerprint density at radius 1 is 1.00 bits per heavy atom. The van der Waals surface area contributed by atoms with Crippen LogP contribution < -0.4 is 5.32 Å². The van der Waals surface area contributed by atoms with E-state index in [1.165, 1.54) is 38.5 Å². The quantitative estimate of drug-likeness (QED) is 0.814. The SMILES string of the molecule is O=C1CC2(CCCCC2)CC(=O)N1CCC1CCCCN1. The minimum Gasteiger partial charge on any atom is -0.314 e. The highest BCUT2D eigenvalue weighted by Gasteiger charge is 2.43. The number of nitrogens with one attached hydrogen (secondary N) is 1. The van der Waals surface area contributed by atoms with Gasteiger partial charge in [-0.15, -0.1) is 0 Å². The number of piperidine rings is 2. The molecule has 2 saturated heterocycles. The summed E-state index contributed by atoms with van der Waals surface area (Å²) in [5, 5.41) is 3.50. The third kappa shape index (κ3) is 3.47. The van der Waals surface area contributed by atoms with E-state index in [4.69, 9.17) is 0 Å². The molecule has 0 radical (unpaired) electrons. The molecule has 1 unspecified atom stereocenters. The summed E-state index contributed by atoms with van der Waals surface area (Å²) < 4.78 is 0. The lowest BCUT2D eigenvalue weighted by molar-refractivity contribution is -0.154. The standard InChI is InChI=1S/C17H28N2O2/c20-15-12-17(8-3-1-4-9-17)13-16(21)19(15)11-7-14-6-2-5-10-18-14/h14,18H,1-13H2. The van der Waals surface area contributed by atoms with E-state index in [2.05, 4.69) is 5.32 Å². The van der Waals surface area contributed by atoms with Gasteiger partial charge in [0, 0.05) is 25.4 Å². The molecular weight excluding hydrogens is 264 g/mol. The largest absolute Gasteiger partial charge is 0.314 e. The Hall–Kier alpha value is -0.900. The van der Waals surface area contributed by atoms with Crippen molar-refractivity contribution in [2.75, 3.05) is 13.1 Å². The van der Waals surface area contributed by atoms with Crippen LogP contribution in [0.1, 0.15) is 70.6 Å². The number of imide groups is 1. The van der Waals surface area contributed by atoms with Gasteiger partial charge in [-0.1, -0.05) is 25.7 Å². The van der Waals surface area contributed by atoms with Crippen LogP contribution in [0.3, 0.4) is 0 Å². The average Bonchev–Trinajstić information content (AvgIpc) is 2.48. The van der Waals surface area contributed by atoms with Crippen molar-refractivity contribution in [2.45, 2.75) is 76.7 Å². The van der Waals surface area contributed by atoms with Gasteiger partial charge in [0.1, 0.15) is 0 Å². The zero-order chi connectivity index (χ0) is 14.7. The Bertz CT molecular complexity index is 376. The number of hydrogen-bond donors (Lipinski definition) is 1. The first kappa shape index (κ1) is 15.0. The Kier molecular flexibility index (Phi) is 4.63. The first-order chi connectivity index (χ1) is 10.2. The van der Waals surface area contributed by atoms with Crippen molar-refractivity contribution in [1.29, 1.82) is 0 Å². The van der Waals surface area contributed by atoms with Gasteiger partial charge in [-0.05, 0) is 44.1 Å². The van der Waals surface area contributed by atoms with E-state index in [0.717, 1.165) is 25.8 Å². The monoisotopic (exact) mass is 292 g/mol. The minimum atomic E-state index is 0.0198. The molecular formula is C17H28N2O2. The van der Waals surface area contributed by atoms with Crippen LogP contribution >= 0.6 is 0 Å². The Labute approximate surface area is 127 Å². The average molecular weight is 292 g/mol. The van der Waals surface area contributed by atoms with E-state index >= 15 is 0 Å². The summed E-state index contributed by atoms with van der Waals surface area (Å²) in [5.74, 6) is 0.174. The van der Waals surface area contributed by atoms with Crippen molar-refractivity contribution in [2.24, 2.45) is 5.41 Å². The summed E-state index contributed by atoms with van der Waals surface area (Å²) in [6, 6.07) is 0.491. The van der Waals surface area contributed by atoms with Crippen molar-refractivity contribution < 1.29 is 9.59 Å². The Morgan fingerprint density at radius 2 is 1.71 bits per heavy atom. The van der Waals surface area contributed by atoms with Crippen molar-refractivity contribution >= 4 is 11.8 Å². The predicted octanol–water partition coefficient (Wildman–Crippen LogP) is 2.62. The number of rotatable bonds is 3. The maximum Gasteiger partial charge on any atom is 0.229 e. The normalized spacial score (nSPS) is 29.9. The smallest absolute Gasteiger partial charge is 0.229 e. The molecule has 0 aromatic rings. The molecule has 2 amide bonds. The third-order valence-electron chi connectivity index (χ3n) is 5.68. The molecule has 3 fully saturated rings. The van der Waals surface area contributed by atoms with Crippen LogP contribution in [0.2, 0.25) is 0 Å². The number of carbonyl (C=O) groups excluding carboxylic acids is 2. The van der Waals surface area contributed by atoms with Crippen LogP contribution in [-0.2, 0) is 9.59 Å². The lowest BCUT2D eigenvalue weighted by Gasteiger charge is -2.42. The Morgan fingerprint density at radius 3 is 2.33 bits per heavy atom. The number of hydrogen-bond acceptors (Lipinski definition) is 3. The maximum absolute atomic E-state index is 12.4. The molecule has 1 saturated carbocycles. The molecule has 3 aliphatic rings. The fourth-order valence-electron chi connectivity index (χ4n) is 4.39. The Balaban J connectivity index is 1.54. The molecule has 2 heterocycles. The molecule has 0 aromatic carbocycles.